The van der Waals surface area contributed by atoms with Crippen molar-refractivity contribution in [2.45, 2.75) is 73.9 Å². The Kier molecular flexibility index (Phi) is 7.42. The van der Waals surface area contributed by atoms with E-state index < -0.39 is 64.8 Å². The number of benzene rings is 1. The summed E-state index contributed by atoms with van der Waals surface area (Å²) in [6.45, 7) is 1.33. The third kappa shape index (κ3) is 5.57. The molecule has 2 fully saturated rings. The molecule has 36 heavy (non-hydrogen) atoms. The molecule has 0 radical (unpaired) electrons. The number of sulfonamides is 1. The van der Waals surface area contributed by atoms with Gasteiger partial charge in [0.15, 0.2) is 0 Å². The number of piperidine rings is 1. The zero-order valence-electron chi connectivity index (χ0n) is 20.0. The highest BCUT2D eigenvalue weighted by Crippen LogP contribution is 2.45. The van der Waals surface area contributed by atoms with E-state index in [2.05, 4.69) is 15.6 Å². The van der Waals surface area contributed by atoms with Crippen LogP contribution in [-0.4, -0.2) is 54.1 Å². The summed E-state index contributed by atoms with van der Waals surface area (Å²) in [7, 11) is -4.20. The summed E-state index contributed by atoms with van der Waals surface area (Å²) < 4.78 is 56.0. The molecule has 1 aromatic carbocycles. The number of carbonyl (C=O) groups is 2. The van der Waals surface area contributed by atoms with E-state index in [9.17, 15) is 26.8 Å². The second-order valence-electron chi connectivity index (χ2n) is 9.42. The second-order valence-corrected chi connectivity index (χ2v) is 11.3. The number of nitrogens with one attached hydrogen (secondary N) is 2. The summed E-state index contributed by atoms with van der Waals surface area (Å²) in [6, 6.07) is 8.42. The standard InChI is InChI=1S/C25H30F2N4O4S.H2/c1-2-7-20(22(32)30-24(11-12-24)18-8-6-14-28-17-18)29-23(33)21-16-25(26,27)13-15-31(21)36(34,35)19-9-4-3-5-10-19;/h3-6,8-10,14,17,20-21H,2,7,11-13,15-16H2,1H3,(H,29,33)(H,30,32);1H/t20-,21+;/m1./s1. The van der Waals surface area contributed by atoms with Crippen LogP contribution in [0.25, 0.3) is 0 Å². The average molecular weight is 523 g/mol. The second kappa shape index (κ2) is 10.2. The number of pyridine rings is 1. The lowest BCUT2D eigenvalue weighted by Crippen LogP contribution is -2.59. The molecule has 1 saturated heterocycles. The Labute approximate surface area is 211 Å². The van der Waals surface area contributed by atoms with Gasteiger partial charge >= 0.3 is 0 Å². The minimum atomic E-state index is -4.20. The maximum absolute atomic E-state index is 14.4. The predicted molar refractivity (Wildman–Crippen MR) is 131 cm³/mol. The van der Waals surface area contributed by atoms with Gasteiger partial charge in [-0.05, 0) is 43.0 Å². The Morgan fingerprint density at radius 3 is 2.50 bits per heavy atom. The average Bonchev–Trinajstić information content (AvgIpc) is 3.64. The van der Waals surface area contributed by atoms with Crippen molar-refractivity contribution in [3.8, 4) is 0 Å². The van der Waals surface area contributed by atoms with Gasteiger partial charge in [-0.25, -0.2) is 17.2 Å². The Morgan fingerprint density at radius 1 is 1.17 bits per heavy atom. The van der Waals surface area contributed by atoms with Crippen LogP contribution >= 0.6 is 0 Å². The van der Waals surface area contributed by atoms with Crippen LogP contribution < -0.4 is 10.6 Å². The van der Waals surface area contributed by atoms with E-state index in [4.69, 9.17) is 0 Å². The van der Waals surface area contributed by atoms with Crippen LogP contribution in [-0.2, 0) is 25.2 Å². The Hall–Kier alpha value is -2.92. The lowest BCUT2D eigenvalue weighted by Gasteiger charge is -2.38. The van der Waals surface area contributed by atoms with Crippen LogP contribution in [0.1, 0.15) is 52.4 Å². The molecule has 1 saturated carbocycles. The van der Waals surface area contributed by atoms with Gasteiger partial charge < -0.3 is 10.6 Å². The van der Waals surface area contributed by atoms with Gasteiger partial charge in [0.05, 0.1) is 10.4 Å². The van der Waals surface area contributed by atoms with Crippen molar-refractivity contribution >= 4 is 21.8 Å². The van der Waals surface area contributed by atoms with Crippen LogP contribution in [0.3, 0.4) is 0 Å². The molecule has 2 aliphatic rings. The molecule has 196 valence electrons. The summed E-state index contributed by atoms with van der Waals surface area (Å²) in [4.78, 5) is 30.5. The molecule has 1 aliphatic carbocycles. The molecule has 0 bridgehead atoms. The Morgan fingerprint density at radius 2 is 1.89 bits per heavy atom. The van der Waals surface area contributed by atoms with Crippen LogP contribution in [0, 0.1) is 0 Å². The smallest absolute Gasteiger partial charge is 0.251 e. The topological polar surface area (TPSA) is 108 Å². The van der Waals surface area contributed by atoms with Crippen molar-refractivity contribution in [2.75, 3.05) is 6.54 Å². The molecule has 4 rings (SSSR count). The van der Waals surface area contributed by atoms with Crippen LogP contribution in [0.2, 0.25) is 0 Å². The van der Waals surface area contributed by atoms with Crippen molar-refractivity contribution in [2.24, 2.45) is 0 Å². The van der Waals surface area contributed by atoms with Gasteiger partial charge in [0.1, 0.15) is 12.1 Å². The maximum Gasteiger partial charge on any atom is 0.251 e. The van der Waals surface area contributed by atoms with Gasteiger partial charge in [-0.2, -0.15) is 4.31 Å². The quantitative estimate of drug-likeness (QED) is 0.526. The van der Waals surface area contributed by atoms with E-state index in [0.717, 1.165) is 22.7 Å². The first kappa shape index (κ1) is 26.2. The van der Waals surface area contributed by atoms with E-state index in [1.165, 1.54) is 24.3 Å². The molecule has 2 atom stereocenters. The summed E-state index contributed by atoms with van der Waals surface area (Å²) >= 11 is 0. The molecule has 1 aromatic heterocycles. The predicted octanol–water partition coefficient (Wildman–Crippen LogP) is 3.21. The number of rotatable bonds is 9. The van der Waals surface area contributed by atoms with Gasteiger partial charge in [0, 0.05) is 33.2 Å². The van der Waals surface area contributed by atoms with Crippen LogP contribution in [0.4, 0.5) is 8.78 Å². The largest absolute Gasteiger partial charge is 0.345 e. The highest BCUT2D eigenvalue weighted by molar-refractivity contribution is 7.89. The van der Waals surface area contributed by atoms with Crippen molar-refractivity contribution in [1.29, 1.82) is 0 Å². The number of aromatic nitrogens is 1. The third-order valence-electron chi connectivity index (χ3n) is 6.73. The zero-order valence-corrected chi connectivity index (χ0v) is 20.8. The van der Waals surface area contributed by atoms with E-state index in [0.29, 0.717) is 6.42 Å². The molecular weight excluding hydrogens is 490 g/mol. The molecule has 2 aromatic rings. The summed E-state index contributed by atoms with van der Waals surface area (Å²) in [5.41, 5.74) is 0.287. The maximum atomic E-state index is 14.4. The lowest BCUT2D eigenvalue weighted by atomic mass is 9.99. The fourth-order valence-corrected chi connectivity index (χ4v) is 6.17. The minimum absolute atomic E-state index is 0. The molecule has 1 aliphatic heterocycles. The van der Waals surface area contributed by atoms with E-state index in [1.807, 2.05) is 13.0 Å². The van der Waals surface area contributed by atoms with Gasteiger partial charge in [-0.3, -0.25) is 14.6 Å². The first-order chi connectivity index (χ1) is 17.1. The monoisotopic (exact) mass is 522 g/mol. The molecular formula is C25H32F2N4O4S. The van der Waals surface area contributed by atoms with Crippen molar-refractivity contribution < 1.29 is 28.2 Å². The summed E-state index contributed by atoms with van der Waals surface area (Å²) in [6.07, 6.45) is 3.93. The first-order valence-electron chi connectivity index (χ1n) is 12.1. The fraction of sp³-hybridized carbons (Fsp3) is 0.480. The fourth-order valence-electron chi connectivity index (χ4n) is 4.56. The molecule has 2 amide bonds. The number of carbonyl (C=O) groups excluding carboxylic acids is 2. The molecule has 8 nitrogen and oxygen atoms in total. The number of hydrogen-bond acceptors (Lipinski definition) is 5. The first-order valence-corrected chi connectivity index (χ1v) is 13.5. The lowest BCUT2D eigenvalue weighted by molar-refractivity contribution is -0.136. The Bertz CT molecular complexity index is 1200. The van der Waals surface area contributed by atoms with Crippen molar-refractivity contribution in [3.63, 3.8) is 0 Å². The highest BCUT2D eigenvalue weighted by atomic mass is 32.2. The van der Waals surface area contributed by atoms with Gasteiger partial charge in [-0.1, -0.05) is 37.6 Å². The van der Waals surface area contributed by atoms with Gasteiger partial charge in [-0.15, -0.1) is 0 Å². The number of nitrogens with zero attached hydrogens (tertiary/aromatic N) is 2. The number of alkyl halides is 2. The summed E-state index contributed by atoms with van der Waals surface area (Å²) in [5, 5.41) is 5.56. The minimum Gasteiger partial charge on any atom is -0.345 e. The molecule has 2 heterocycles. The van der Waals surface area contributed by atoms with Crippen LogP contribution in [0.5, 0.6) is 0 Å². The highest BCUT2D eigenvalue weighted by Gasteiger charge is 2.49. The molecule has 2 N–H and O–H groups in total. The molecule has 11 heteroatoms. The summed E-state index contributed by atoms with van der Waals surface area (Å²) in [5.74, 6) is -4.55. The molecule has 0 unspecified atom stereocenters. The number of halogens is 2. The number of amides is 2. The number of hydrogen-bond donors (Lipinski definition) is 2. The Balaban J connectivity index is 0.00000380. The third-order valence-corrected chi connectivity index (χ3v) is 8.65. The SMILES string of the molecule is CCC[C@@H](NC(=O)[C@@H]1CC(F)(F)CCN1S(=O)(=O)c1ccccc1)C(=O)NC1(c2cccnc2)CC1.[HH]. The normalized spacial score (nSPS) is 21.8. The van der Waals surface area contributed by atoms with Gasteiger partial charge in [0.25, 0.3) is 5.92 Å². The van der Waals surface area contributed by atoms with Crippen molar-refractivity contribution in [3.05, 3.63) is 60.4 Å². The van der Waals surface area contributed by atoms with E-state index >= 15 is 0 Å². The van der Waals surface area contributed by atoms with Gasteiger partial charge in [0.2, 0.25) is 21.8 Å². The van der Waals surface area contributed by atoms with Crippen LogP contribution in [0.15, 0.2) is 59.8 Å². The zero-order chi connectivity index (χ0) is 26.0. The van der Waals surface area contributed by atoms with E-state index in [-0.39, 0.29) is 12.7 Å². The van der Waals surface area contributed by atoms with Crippen molar-refractivity contribution in [1.82, 2.24) is 19.9 Å². The van der Waals surface area contributed by atoms with E-state index in [1.54, 1.807) is 24.5 Å². The molecule has 0 spiro atoms.